The Labute approximate surface area is 174 Å². The molecule has 156 valence electrons. The Bertz CT molecular complexity index is 1040. The fourth-order valence-electron chi connectivity index (χ4n) is 3.29. The zero-order valence-corrected chi connectivity index (χ0v) is 17.3. The third kappa shape index (κ3) is 4.03. The number of nitro groups is 1. The maximum Gasteiger partial charge on any atom is 0.278 e. The van der Waals surface area contributed by atoms with E-state index >= 15 is 0 Å². The van der Waals surface area contributed by atoms with E-state index in [9.17, 15) is 19.7 Å². The zero-order chi connectivity index (χ0) is 22.0. The topological polar surface area (TPSA) is 102 Å². The van der Waals surface area contributed by atoms with Crippen molar-refractivity contribution >= 4 is 28.8 Å². The lowest BCUT2D eigenvalue weighted by atomic mass is 10.0. The van der Waals surface area contributed by atoms with Crippen molar-refractivity contribution in [2.75, 3.05) is 19.0 Å². The van der Waals surface area contributed by atoms with E-state index in [1.807, 2.05) is 32.9 Å². The highest BCUT2D eigenvalue weighted by Crippen LogP contribution is 2.34. The number of non-ortho nitro benzene ring substituents is 1. The zero-order valence-electron chi connectivity index (χ0n) is 17.3. The summed E-state index contributed by atoms with van der Waals surface area (Å²) in [7, 11) is 1.52. The minimum atomic E-state index is -0.512. The largest absolute Gasteiger partial charge is 0.495 e. The number of anilines is 1. The number of ether oxygens (including phenoxy) is 1. The first-order chi connectivity index (χ1) is 14.2. The third-order valence-corrected chi connectivity index (χ3v) is 4.70. The number of benzene rings is 2. The first kappa shape index (κ1) is 21.0. The second kappa shape index (κ2) is 8.36. The minimum Gasteiger partial charge on any atom is -0.495 e. The molecular weight excluding hydrogens is 386 g/mol. The van der Waals surface area contributed by atoms with Gasteiger partial charge in [0.15, 0.2) is 0 Å². The molecule has 2 amide bonds. The third-order valence-electron chi connectivity index (χ3n) is 4.70. The Morgan fingerprint density at radius 3 is 2.33 bits per heavy atom. The number of methoxy groups -OCH3 is 1. The molecule has 0 atom stereocenters. The SMILES string of the molecule is COc1ccc(C)cc1NC1=C(c2ccc([N+](=O)[O-])cc2)C(=O)N(CC(C)C)C1=O. The summed E-state index contributed by atoms with van der Waals surface area (Å²) in [6.07, 6.45) is 0. The summed E-state index contributed by atoms with van der Waals surface area (Å²) in [6, 6.07) is 11.1. The smallest absolute Gasteiger partial charge is 0.278 e. The summed E-state index contributed by atoms with van der Waals surface area (Å²) < 4.78 is 5.38. The summed E-state index contributed by atoms with van der Waals surface area (Å²) in [5.74, 6) is -0.259. The predicted molar refractivity (Wildman–Crippen MR) is 113 cm³/mol. The Balaban J connectivity index is 2.11. The van der Waals surface area contributed by atoms with E-state index in [4.69, 9.17) is 4.74 Å². The van der Waals surface area contributed by atoms with Crippen molar-refractivity contribution in [2.45, 2.75) is 20.8 Å². The normalized spacial score (nSPS) is 14.0. The van der Waals surface area contributed by atoms with Gasteiger partial charge in [-0.25, -0.2) is 0 Å². The van der Waals surface area contributed by atoms with Gasteiger partial charge in [-0.1, -0.05) is 19.9 Å². The molecule has 0 saturated heterocycles. The van der Waals surface area contributed by atoms with Crippen LogP contribution in [0.5, 0.6) is 5.75 Å². The van der Waals surface area contributed by atoms with Crippen LogP contribution in [0.15, 0.2) is 48.2 Å². The Hall–Kier alpha value is -3.68. The molecule has 30 heavy (non-hydrogen) atoms. The highest BCUT2D eigenvalue weighted by molar-refractivity contribution is 6.36. The van der Waals surface area contributed by atoms with E-state index in [0.717, 1.165) is 5.56 Å². The van der Waals surface area contributed by atoms with E-state index in [1.54, 1.807) is 6.07 Å². The number of nitro benzene ring substituents is 1. The van der Waals surface area contributed by atoms with Gasteiger partial charge in [0.2, 0.25) is 0 Å². The van der Waals surface area contributed by atoms with Crippen LogP contribution in [0.25, 0.3) is 5.57 Å². The Kier molecular flexibility index (Phi) is 5.86. The van der Waals surface area contributed by atoms with E-state index in [-0.39, 0.29) is 29.4 Å². The summed E-state index contributed by atoms with van der Waals surface area (Å²) in [5, 5.41) is 14.0. The number of carbonyl (C=O) groups is 2. The molecule has 1 heterocycles. The van der Waals surface area contributed by atoms with Gasteiger partial charge in [0, 0.05) is 18.7 Å². The van der Waals surface area contributed by atoms with Gasteiger partial charge in [0.1, 0.15) is 11.4 Å². The van der Waals surface area contributed by atoms with Crippen LogP contribution in [-0.2, 0) is 9.59 Å². The van der Waals surface area contributed by atoms with Gasteiger partial charge in [-0.05, 0) is 48.2 Å². The summed E-state index contributed by atoms with van der Waals surface area (Å²) in [6.45, 7) is 6.01. The van der Waals surface area contributed by atoms with Crippen molar-refractivity contribution in [2.24, 2.45) is 5.92 Å². The lowest BCUT2D eigenvalue weighted by molar-refractivity contribution is -0.384. The average Bonchev–Trinajstić information content (AvgIpc) is 2.92. The molecule has 0 saturated carbocycles. The number of hydrogen-bond acceptors (Lipinski definition) is 6. The molecule has 0 radical (unpaired) electrons. The number of nitrogens with one attached hydrogen (secondary N) is 1. The van der Waals surface area contributed by atoms with Crippen LogP contribution in [0.4, 0.5) is 11.4 Å². The molecule has 0 aliphatic carbocycles. The lowest BCUT2D eigenvalue weighted by Gasteiger charge is -2.18. The first-order valence-corrected chi connectivity index (χ1v) is 9.50. The minimum absolute atomic E-state index is 0.0869. The van der Waals surface area contributed by atoms with Crippen LogP contribution in [0.3, 0.4) is 0 Å². The summed E-state index contributed by atoms with van der Waals surface area (Å²) in [4.78, 5) is 37.9. The van der Waals surface area contributed by atoms with Gasteiger partial charge < -0.3 is 10.1 Å². The fourth-order valence-corrected chi connectivity index (χ4v) is 3.29. The van der Waals surface area contributed by atoms with E-state index in [1.165, 1.54) is 36.3 Å². The highest BCUT2D eigenvalue weighted by atomic mass is 16.6. The standard InChI is InChI=1S/C22H23N3O5/c1-13(2)12-24-21(26)19(15-6-8-16(9-7-15)25(28)29)20(22(24)27)23-17-11-14(3)5-10-18(17)30-4/h5-11,13,23H,12H2,1-4H3. The molecule has 0 unspecified atom stereocenters. The number of carbonyl (C=O) groups excluding carboxylic acids is 2. The molecule has 0 fully saturated rings. The van der Waals surface area contributed by atoms with Gasteiger partial charge in [0.25, 0.3) is 17.5 Å². The average molecular weight is 409 g/mol. The van der Waals surface area contributed by atoms with Crippen molar-refractivity contribution in [3.63, 3.8) is 0 Å². The van der Waals surface area contributed by atoms with E-state index in [0.29, 0.717) is 17.0 Å². The van der Waals surface area contributed by atoms with Crippen LogP contribution >= 0.6 is 0 Å². The molecule has 1 N–H and O–H groups in total. The molecule has 0 bridgehead atoms. The number of nitrogens with zero attached hydrogens (tertiary/aromatic N) is 2. The van der Waals surface area contributed by atoms with Gasteiger partial charge in [-0.2, -0.15) is 0 Å². The number of amides is 2. The molecule has 1 aliphatic rings. The van der Waals surface area contributed by atoms with Crippen molar-refractivity contribution in [1.29, 1.82) is 0 Å². The lowest BCUT2D eigenvalue weighted by Crippen LogP contribution is -2.35. The number of aryl methyl sites for hydroxylation is 1. The summed E-state index contributed by atoms with van der Waals surface area (Å²) in [5.41, 5.74) is 2.15. The monoisotopic (exact) mass is 409 g/mol. The molecular formula is C22H23N3O5. The maximum atomic E-state index is 13.1. The molecule has 2 aromatic rings. The van der Waals surface area contributed by atoms with E-state index < -0.39 is 16.7 Å². The van der Waals surface area contributed by atoms with Gasteiger partial charge in [-0.3, -0.25) is 24.6 Å². The molecule has 3 rings (SSSR count). The van der Waals surface area contributed by atoms with Crippen LogP contribution in [0.2, 0.25) is 0 Å². The fraction of sp³-hybridized carbons (Fsp3) is 0.273. The van der Waals surface area contributed by atoms with Crippen LogP contribution in [0.1, 0.15) is 25.0 Å². The quantitative estimate of drug-likeness (QED) is 0.424. The number of imide groups is 1. The highest BCUT2D eigenvalue weighted by Gasteiger charge is 2.39. The van der Waals surface area contributed by atoms with Crippen molar-refractivity contribution < 1.29 is 19.2 Å². The molecule has 8 heteroatoms. The Morgan fingerprint density at radius 2 is 1.77 bits per heavy atom. The van der Waals surface area contributed by atoms with Crippen LogP contribution in [0, 0.1) is 23.0 Å². The molecule has 2 aromatic carbocycles. The van der Waals surface area contributed by atoms with E-state index in [2.05, 4.69) is 5.32 Å². The number of rotatable bonds is 7. The van der Waals surface area contributed by atoms with Crippen molar-refractivity contribution in [1.82, 2.24) is 4.90 Å². The molecule has 1 aliphatic heterocycles. The summed E-state index contributed by atoms with van der Waals surface area (Å²) >= 11 is 0. The van der Waals surface area contributed by atoms with Crippen LogP contribution in [-0.4, -0.2) is 35.3 Å². The second-order valence-corrected chi connectivity index (χ2v) is 7.50. The number of hydrogen-bond donors (Lipinski definition) is 1. The molecule has 8 nitrogen and oxygen atoms in total. The van der Waals surface area contributed by atoms with Gasteiger partial charge >= 0.3 is 0 Å². The predicted octanol–water partition coefficient (Wildman–Crippen LogP) is 3.76. The maximum absolute atomic E-state index is 13.1. The Morgan fingerprint density at radius 1 is 1.10 bits per heavy atom. The first-order valence-electron chi connectivity index (χ1n) is 9.50. The van der Waals surface area contributed by atoms with Gasteiger partial charge in [-0.15, -0.1) is 0 Å². The second-order valence-electron chi connectivity index (χ2n) is 7.50. The van der Waals surface area contributed by atoms with Crippen LogP contribution < -0.4 is 10.1 Å². The van der Waals surface area contributed by atoms with Crippen molar-refractivity contribution in [3.05, 3.63) is 69.4 Å². The molecule has 0 aromatic heterocycles. The molecule has 0 spiro atoms. The van der Waals surface area contributed by atoms with Gasteiger partial charge in [0.05, 0.1) is 23.3 Å². The van der Waals surface area contributed by atoms with Crippen molar-refractivity contribution in [3.8, 4) is 5.75 Å².